The maximum Gasteiger partial charge on any atom is 0.315 e. The van der Waals surface area contributed by atoms with E-state index in [4.69, 9.17) is 9.84 Å². The van der Waals surface area contributed by atoms with Crippen LogP contribution in [0, 0.1) is 5.92 Å². The molecule has 2 amide bonds. The number of carbonyl (C=O) groups excluding carboxylic acids is 1. The molecule has 6 nitrogen and oxygen atoms in total. The van der Waals surface area contributed by atoms with Crippen molar-refractivity contribution in [3.63, 3.8) is 0 Å². The van der Waals surface area contributed by atoms with Gasteiger partial charge in [-0.3, -0.25) is 4.79 Å². The molecule has 0 aliphatic heterocycles. The average molecular weight is 246 g/mol. The maximum atomic E-state index is 11.4. The predicted octanol–water partition coefficient (Wildman–Crippen LogP) is 0.821. The second-order valence-electron chi connectivity index (χ2n) is 4.19. The molecule has 0 radical (unpaired) electrons. The largest absolute Gasteiger partial charge is 0.481 e. The van der Waals surface area contributed by atoms with Crippen LogP contribution in [0.25, 0.3) is 0 Å². The van der Waals surface area contributed by atoms with Crippen LogP contribution in [0.3, 0.4) is 0 Å². The average Bonchev–Trinajstić information content (AvgIpc) is 2.22. The normalized spacial score (nSPS) is 12.2. The molecule has 0 spiro atoms. The van der Waals surface area contributed by atoms with Crippen molar-refractivity contribution >= 4 is 12.0 Å². The van der Waals surface area contributed by atoms with Gasteiger partial charge in [-0.15, -0.1) is 0 Å². The van der Waals surface area contributed by atoms with E-state index >= 15 is 0 Å². The molecule has 1 atom stereocenters. The minimum absolute atomic E-state index is 0.0663. The molecule has 17 heavy (non-hydrogen) atoms. The van der Waals surface area contributed by atoms with E-state index in [2.05, 4.69) is 10.6 Å². The fourth-order valence-corrected chi connectivity index (χ4v) is 1.28. The van der Waals surface area contributed by atoms with E-state index < -0.39 is 5.97 Å². The number of methoxy groups -OCH3 is 1. The number of hydrogen-bond acceptors (Lipinski definition) is 3. The number of urea groups is 1. The lowest BCUT2D eigenvalue weighted by Gasteiger charge is -2.20. The summed E-state index contributed by atoms with van der Waals surface area (Å²) in [4.78, 5) is 22.1. The minimum Gasteiger partial charge on any atom is -0.481 e. The number of aliphatic carboxylic acids is 1. The van der Waals surface area contributed by atoms with Crippen LogP contribution in [0.15, 0.2) is 0 Å². The van der Waals surface area contributed by atoms with Gasteiger partial charge in [0.25, 0.3) is 0 Å². The summed E-state index contributed by atoms with van der Waals surface area (Å²) in [5.74, 6) is -0.834. The van der Waals surface area contributed by atoms with Crippen LogP contribution in [0.5, 0.6) is 0 Å². The van der Waals surface area contributed by atoms with Gasteiger partial charge < -0.3 is 20.5 Å². The van der Waals surface area contributed by atoms with Crippen molar-refractivity contribution in [3.05, 3.63) is 0 Å². The van der Waals surface area contributed by atoms with Gasteiger partial charge in [0.2, 0.25) is 0 Å². The number of nitrogens with one attached hydrogen (secondary N) is 2. The predicted molar refractivity (Wildman–Crippen MR) is 63.9 cm³/mol. The highest BCUT2D eigenvalue weighted by Gasteiger charge is 2.18. The standard InChI is InChI=1S/C11H22N2O4/c1-8(2)9(7-10(14)15)13-11(16)12-5-4-6-17-3/h8-9H,4-7H2,1-3H3,(H,14,15)(H2,12,13,16). The van der Waals surface area contributed by atoms with E-state index in [0.29, 0.717) is 13.2 Å². The minimum atomic E-state index is -0.914. The van der Waals surface area contributed by atoms with E-state index in [1.54, 1.807) is 7.11 Å². The zero-order valence-corrected chi connectivity index (χ0v) is 10.7. The van der Waals surface area contributed by atoms with E-state index in [1.807, 2.05) is 13.8 Å². The molecule has 6 heteroatoms. The number of ether oxygens (including phenoxy) is 1. The summed E-state index contributed by atoms with van der Waals surface area (Å²) in [5.41, 5.74) is 0. The fraction of sp³-hybridized carbons (Fsp3) is 0.818. The fourth-order valence-electron chi connectivity index (χ4n) is 1.28. The highest BCUT2D eigenvalue weighted by molar-refractivity contribution is 5.75. The number of rotatable bonds is 8. The Labute approximate surface area is 102 Å². The molecular formula is C11H22N2O4. The molecule has 3 N–H and O–H groups in total. The zero-order valence-electron chi connectivity index (χ0n) is 10.7. The van der Waals surface area contributed by atoms with E-state index in [-0.39, 0.29) is 24.4 Å². The topological polar surface area (TPSA) is 87.7 Å². The molecule has 0 aromatic rings. The number of hydrogen-bond donors (Lipinski definition) is 3. The lowest BCUT2D eigenvalue weighted by atomic mass is 10.0. The van der Waals surface area contributed by atoms with Crippen LogP contribution in [-0.4, -0.2) is 43.4 Å². The van der Waals surface area contributed by atoms with Gasteiger partial charge in [-0.1, -0.05) is 13.8 Å². The quantitative estimate of drug-likeness (QED) is 0.553. The van der Waals surface area contributed by atoms with Gasteiger partial charge >= 0.3 is 12.0 Å². The summed E-state index contributed by atoms with van der Waals surface area (Å²) in [6.45, 7) is 4.85. The van der Waals surface area contributed by atoms with Crippen molar-refractivity contribution in [1.82, 2.24) is 10.6 Å². The first-order chi connectivity index (χ1) is 7.97. The van der Waals surface area contributed by atoms with Gasteiger partial charge in [0, 0.05) is 26.3 Å². The highest BCUT2D eigenvalue weighted by atomic mass is 16.5. The Hall–Kier alpha value is -1.30. The monoisotopic (exact) mass is 246 g/mol. The second kappa shape index (κ2) is 8.81. The molecular weight excluding hydrogens is 224 g/mol. The lowest BCUT2D eigenvalue weighted by Crippen LogP contribution is -2.45. The Morgan fingerprint density at radius 3 is 2.47 bits per heavy atom. The summed E-state index contributed by atoms with van der Waals surface area (Å²) in [5, 5.41) is 14.0. The van der Waals surface area contributed by atoms with Gasteiger partial charge in [-0.05, 0) is 12.3 Å². The van der Waals surface area contributed by atoms with Crippen LogP contribution in [0.1, 0.15) is 26.7 Å². The number of carboxylic acid groups (broad SMARTS) is 1. The number of amides is 2. The molecule has 0 heterocycles. The van der Waals surface area contributed by atoms with Crippen molar-refractivity contribution in [1.29, 1.82) is 0 Å². The molecule has 0 rings (SSSR count). The highest BCUT2D eigenvalue weighted by Crippen LogP contribution is 2.05. The Bertz CT molecular complexity index is 244. The van der Waals surface area contributed by atoms with Crippen molar-refractivity contribution in [2.24, 2.45) is 5.92 Å². The van der Waals surface area contributed by atoms with Gasteiger partial charge in [-0.2, -0.15) is 0 Å². The van der Waals surface area contributed by atoms with Crippen LogP contribution in [-0.2, 0) is 9.53 Å². The van der Waals surface area contributed by atoms with Crippen molar-refractivity contribution in [2.75, 3.05) is 20.3 Å². The lowest BCUT2D eigenvalue weighted by molar-refractivity contribution is -0.137. The Kier molecular flexibility index (Phi) is 8.13. The molecule has 0 saturated carbocycles. The molecule has 1 unspecified atom stereocenters. The first-order valence-corrected chi connectivity index (χ1v) is 5.72. The van der Waals surface area contributed by atoms with Crippen LogP contribution < -0.4 is 10.6 Å². The number of carboxylic acids is 1. The molecule has 0 saturated heterocycles. The first-order valence-electron chi connectivity index (χ1n) is 5.72. The van der Waals surface area contributed by atoms with E-state index in [9.17, 15) is 9.59 Å². The third-order valence-corrected chi connectivity index (χ3v) is 2.33. The second-order valence-corrected chi connectivity index (χ2v) is 4.19. The maximum absolute atomic E-state index is 11.4. The summed E-state index contributed by atoms with van der Waals surface area (Å²) in [7, 11) is 1.60. The van der Waals surface area contributed by atoms with Gasteiger partial charge in [0.05, 0.1) is 6.42 Å². The summed E-state index contributed by atoms with van der Waals surface area (Å²) in [6.07, 6.45) is 0.665. The summed E-state index contributed by atoms with van der Waals surface area (Å²) < 4.78 is 4.85. The van der Waals surface area contributed by atoms with Crippen molar-refractivity contribution in [3.8, 4) is 0 Å². The van der Waals surface area contributed by atoms with Gasteiger partial charge in [0.15, 0.2) is 0 Å². The molecule has 0 aliphatic rings. The molecule has 0 fully saturated rings. The van der Waals surface area contributed by atoms with Crippen LogP contribution in [0.4, 0.5) is 4.79 Å². The Morgan fingerprint density at radius 1 is 1.35 bits per heavy atom. The van der Waals surface area contributed by atoms with Crippen LogP contribution in [0.2, 0.25) is 0 Å². The molecule has 0 bridgehead atoms. The van der Waals surface area contributed by atoms with Crippen molar-refractivity contribution in [2.45, 2.75) is 32.7 Å². The first kappa shape index (κ1) is 15.7. The molecule has 0 aliphatic carbocycles. The molecule has 0 aromatic carbocycles. The van der Waals surface area contributed by atoms with Gasteiger partial charge in [-0.25, -0.2) is 4.79 Å². The Balaban J connectivity index is 3.91. The SMILES string of the molecule is COCCCNC(=O)NC(CC(=O)O)C(C)C. The van der Waals surface area contributed by atoms with Gasteiger partial charge in [0.1, 0.15) is 0 Å². The smallest absolute Gasteiger partial charge is 0.315 e. The summed E-state index contributed by atoms with van der Waals surface area (Å²) in [6, 6.07) is -0.684. The summed E-state index contributed by atoms with van der Waals surface area (Å²) >= 11 is 0. The van der Waals surface area contributed by atoms with E-state index in [0.717, 1.165) is 6.42 Å². The molecule has 100 valence electrons. The van der Waals surface area contributed by atoms with Crippen LogP contribution >= 0.6 is 0 Å². The zero-order chi connectivity index (χ0) is 13.3. The Morgan fingerprint density at radius 2 is 2.00 bits per heavy atom. The van der Waals surface area contributed by atoms with Crippen molar-refractivity contribution < 1.29 is 19.4 Å². The number of carbonyl (C=O) groups is 2. The third kappa shape index (κ3) is 8.50. The molecule has 0 aromatic heterocycles. The van der Waals surface area contributed by atoms with E-state index in [1.165, 1.54) is 0 Å². The third-order valence-electron chi connectivity index (χ3n) is 2.33.